The highest BCUT2D eigenvalue weighted by molar-refractivity contribution is 7.22. The van der Waals surface area contributed by atoms with Gasteiger partial charge in [0.05, 0.1) is 15.8 Å². The molecule has 0 saturated carbocycles. The molecule has 5 nitrogen and oxygen atoms in total. The van der Waals surface area contributed by atoms with E-state index in [0.29, 0.717) is 28.6 Å². The molecule has 130 valence electrons. The van der Waals surface area contributed by atoms with Crippen LogP contribution in [0.1, 0.15) is 46.3 Å². The summed E-state index contributed by atoms with van der Waals surface area (Å²) in [6.45, 7) is 7.33. The number of hydrogen-bond acceptors (Lipinski definition) is 5. The van der Waals surface area contributed by atoms with E-state index in [1.807, 2.05) is 13.8 Å². The van der Waals surface area contributed by atoms with E-state index in [1.165, 1.54) is 23.8 Å². The molecule has 6 heteroatoms. The molecule has 1 aromatic carbocycles. The Bertz CT molecular complexity index is 969. The van der Waals surface area contributed by atoms with Crippen LogP contribution in [0.5, 0.6) is 0 Å². The normalized spacial score (nSPS) is 11.0. The number of benzene rings is 1. The minimum atomic E-state index is -0.119. The number of rotatable bonds is 5. The van der Waals surface area contributed by atoms with Gasteiger partial charge >= 0.3 is 0 Å². The average molecular weight is 356 g/mol. The molecule has 0 spiro atoms. The van der Waals surface area contributed by atoms with Gasteiger partial charge in [0.25, 0.3) is 0 Å². The predicted molar refractivity (Wildman–Crippen MR) is 99.5 cm³/mol. The highest BCUT2D eigenvalue weighted by Crippen LogP contribution is 2.29. The van der Waals surface area contributed by atoms with Gasteiger partial charge in [0, 0.05) is 12.8 Å². The van der Waals surface area contributed by atoms with Crippen LogP contribution in [0.25, 0.3) is 10.2 Å². The number of thiazole rings is 1. The zero-order chi connectivity index (χ0) is 18.1. The van der Waals surface area contributed by atoms with E-state index in [4.69, 9.17) is 4.42 Å². The lowest BCUT2D eigenvalue weighted by atomic mass is 10.1. The van der Waals surface area contributed by atoms with E-state index < -0.39 is 0 Å². The van der Waals surface area contributed by atoms with Crippen LogP contribution in [0.15, 0.2) is 22.6 Å². The number of nitrogens with one attached hydrogen (secondary N) is 1. The highest BCUT2D eigenvalue weighted by atomic mass is 32.1. The minimum Gasteiger partial charge on any atom is -0.466 e. The summed E-state index contributed by atoms with van der Waals surface area (Å²) in [6, 6.07) is 5.87. The third-order valence-corrected chi connectivity index (χ3v) is 4.94. The van der Waals surface area contributed by atoms with Crippen molar-refractivity contribution in [3.8, 4) is 0 Å². The zero-order valence-electron chi connectivity index (χ0n) is 14.7. The maximum absolute atomic E-state index is 12.2. The first-order chi connectivity index (χ1) is 11.8. The largest absolute Gasteiger partial charge is 0.466 e. The molecule has 1 N–H and O–H groups in total. The fourth-order valence-electron chi connectivity index (χ4n) is 2.86. The van der Waals surface area contributed by atoms with Crippen molar-refractivity contribution in [2.24, 2.45) is 0 Å². The van der Waals surface area contributed by atoms with Gasteiger partial charge in [-0.2, -0.15) is 0 Å². The molecule has 0 fully saturated rings. The number of carbonyl (C=O) groups excluding carboxylic acids is 2. The van der Waals surface area contributed by atoms with Crippen LogP contribution < -0.4 is 5.32 Å². The van der Waals surface area contributed by atoms with Crippen molar-refractivity contribution in [1.82, 2.24) is 4.98 Å². The third-order valence-electron chi connectivity index (χ3n) is 4.02. The van der Waals surface area contributed by atoms with Crippen molar-refractivity contribution in [2.45, 2.75) is 40.5 Å². The van der Waals surface area contributed by atoms with Gasteiger partial charge in [-0.25, -0.2) is 4.98 Å². The van der Waals surface area contributed by atoms with E-state index in [9.17, 15) is 9.59 Å². The molecule has 0 radical (unpaired) electrons. The van der Waals surface area contributed by atoms with Crippen molar-refractivity contribution in [2.75, 3.05) is 5.32 Å². The first kappa shape index (κ1) is 17.4. The number of aromatic nitrogens is 1. The number of hydrogen-bond donors (Lipinski definition) is 1. The molecule has 0 bridgehead atoms. The summed E-state index contributed by atoms with van der Waals surface area (Å²) in [5.41, 5.74) is 3.79. The standard InChI is InChI=1S/C19H20N2O3S/c1-10-7-11(2)18-16(8-10)25-19(21-18)20-17(23)6-5-14-9-15(12(3)22)13(4)24-14/h7-9H,5-6H2,1-4H3,(H,20,21,23). The number of Topliss-reactive ketones (excluding diaryl/α,β-unsaturated/α-hetero) is 1. The van der Waals surface area contributed by atoms with Gasteiger partial charge in [-0.1, -0.05) is 17.4 Å². The second kappa shape index (κ2) is 6.80. The number of aryl methyl sites for hydroxylation is 4. The van der Waals surface area contributed by atoms with Crippen LogP contribution in [0, 0.1) is 20.8 Å². The lowest BCUT2D eigenvalue weighted by Crippen LogP contribution is -2.11. The summed E-state index contributed by atoms with van der Waals surface area (Å²) in [7, 11) is 0. The molecule has 0 aliphatic carbocycles. The number of carbonyl (C=O) groups is 2. The second-order valence-electron chi connectivity index (χ2n) is 6.23. The lowest BCUT2D eigenvalue weighted by molar-refractivity contribution is -0.116. The molecule has 0 aliphatic rings. The van der Waals surface area contributed by atoms with Crippen LogP contribution in [0.2, 0.25) is 0 Å². The Kier molecular flexibility index (Phi) is 4.72. The topological polar surface area (TPSA) is 72.2 Å². The summed E-state index contributed by atoms with van der Waals surface area (Å²) >= 11 is 1.47. The molecule has 0 saturated heterocycles. The van der Waals surface area contributed by atoms with Gasteiger partial charge in [-0.15, -0.1) is 0 Å². The summed E-state index contributed by atoms with van der Waals surface area (Å²) in [6.07, 6.45) is 0.723. The predicted octanol–water partition coefficient (Wildman–Crippen LogP) is 4.59. The Morgan fingerprint density at radius 3 is 2.64 bits per heavy atom. The lowest BCUT2D eigenvalue weighted by Gasteiger charge is -1.99. The molecule has 0 aliphatic heterocycles. The number of nitrogens with zero attached hydrogens (tertiary/aromatic N) is 1. The number of anilines is 1. The van der Waals surface area contributed by atoms with Crippen LogP contribution in [0.4, 0.5) is 5.13 Å². The molecule has 0 atom stereocenters. The Morgan fingerprint density at radius 1 is 1.20 bits per heavy atom. The van der Waals surface area contributed by atoms with E-state index in [-0.39, 0.29) is 18.1 Å². The van der Waals surface area contributed by atoms with Crippen molar-refractivity contribution in [3.05, 3.63) is 46.4 Å². The molecule has 3 aromatic rings. The van der Waals surface area contributed by atoms with Gasteiger partial charge in [0.2, 0.25) is 5.91 Å². The van der Waals surface area contributed by atoms with Gasteiger partial charge in [0.1, 0.15) is 11.5 Å². The molecule has 2 aromatic heterocycles. The molecular weight excluding hydrogens is 336 g/mol. The van der Waals surface area contributed by atoms with Crippen LogP contribution in [-0.4, -0.2) is 16.7 Å². The molecule has 3 rings (SSSR count). The van der Waals surface area contributed by atoms with Gasteiger partial charge in [-0.3, -0.25) is 9.59 Å². The van der Waals surface area contributed by atoms with Gasteiger partial charge in [0.15, 0.2) is 10.9 Å². The molecule has 2 heterocycles. The van der Waals surface area contributed by atoms with Crippen molar-refractivity contribution >= 4 is 38.4 Å². The van der Waals surface area contributed by atoms with Gasteiger partial charge < -0.3 is 9.73 Å². The first-order valence-corrected chi connectivity index (χ1v) is 8.93. The number of furan rings is 1. The number of ketones is 1. The minimum absolute atomic E-state index is 0.0305. The van der Waals surface area contributed by atoms with Gasteiger partial charge in [-0.05, 0) is 51.0 Å². The monoisotopic (exact) mass is 356 g/mol. The Hall–Kier alpha value is -2.47. The smallest absolute Gasteiger partial charge is 0.226 e. The first-order valence-electron chi connectivity index (χ1n) is 8.11. The van der Waals surface area contributed by atoms with Crippen LogP contribution >= 0.6 is 11.3 Å². The summed E-state index contributed by atoms with van der Waals surface area (Å²) < 4.78 is 6.61. The van der Waals surface area contributed by atoms with E-state index in [2.05, 4.69) is 22.4 Å². The maximum Gasteiger partial charge on any atom is 0.226 e. The third kappa shape index (κ3) is 3.79. The fraction of sp³-hybridized carbons (Fsp3) is 0.316. The molecule has 25 heavy (non-hydrogen) atoms. The summed E-state index contributed by atoms with van der Waals surface area (Å²) in [5, 5.41) is 3.46. The average Bonchev–Trinajstić information content (AvgIpc) is 3.08. The van der Waals surface area contributed by atoms with E-state index in [1.54, 1.807) is 13.0 Å². The summed E-state index contributed by atoms with van der Waals surface area (Å²) in [5.74, 6) is 1.09. The van der Waals surface area contributed by atoms with Crippen molar-refractivity contribution in [1.29, 1.82) is 0 Å². The fourth-order valence-corrected chi connectivity index (χ4v) is 3.92. The highest BCUT2D eigenvalue weighted by Gasteiger charge is 2.14. The number of fused-ring (bicyclic) bond motifs is 1. The second-order valence-corrected chi connectivity index (χ2v) is 7.27. The Morgan fingerprint density at radius 2 is 1.96 bits per heavy atom. The van der Waals surface area contributed by atoms with E-state index >= 15 is 0 Å². The zero-order valence-corrected chi connectivity index (χ0v) is 15.5. The van der Waals surface area contributed by atoms with E-state index in [0.717, 1.165) is 15.8 Å². The molecule has 1 amide bonds. The van der Waals surface area contributed by atoms with Crippen LogP contribution in [0.3, 0.4) is 0 Å². The van der Waals surface area contributed by atoms with Crippen molar-refractivity contribution < 1.29 is 14.0 Å². The Labute approximate surface area is 150 Å². The molecular formula is C19H20N2O3S. The maximum atomic E-state index is 12.2. The van der Waals surface area contributed by atoms with Crippen LogP contribution in [-0.2, 0) is 11.2 Å². The Balaban J connectivity index is 1.66. The number of amides is 1. The SMILES string of the molecule is CC(=O)c1cc(CCC(=O)Nc2nc3c(C)cc(C)cc3s2)oc1C. The quantitative estimate of drug-likeness (QED) is 0.679. The summed E-state index contributed by atoms with van der Waals surface area (Å²) in [4.78, 5) is 28.1. The molecule has 0 unspecified atom stereocenters. The van der Waals surface area contributed by atoms with Crippen molar-refractivity contribution in [3.63, 3.8) is 0 Å².